The highest BCUT2D eigenvalue weighted by atomic mass is 16.7. The predicted molar refractivity (Wildman–Crippen MR) is 62.7 cm³/mol. The second-order valence-electron chi connectivity index (χ2n) is 5.60. The van der Waals surface area contributed by atoms with Gasteiger partial charge in [-0.2, -0.15) is 0 Å². The normalized spacial score (nSPS) is 30.4. The van der Waals surface area contributed by atoms with E-state index in [1.165, 1.54) is 0 Å². The van der Waals surface area contributed by atoms with Gasteiger partial charge in [-0.15, -0.1) is 0 Å². The van der Waals surface area contributed by atoms with Crippen molar-refractivity contribution in [1.82, 2.24) is 5.32 Å². The van der Waals surface area contributed by atoms with Gasteiger partial charge >= 0.3 is 0 Å². The van der Waals surface area contributed by atoms with Gasteiger partial charge in [-0.3, -0.25) is 0 Å². The molecule has 5 heteroatoms. The lowest BCUT2D eigenvalue weighted by Crippen LogP contribution is -2.56. The zero-order valence-electron chi connectivity index (χ0n) is 11.1. The summed E-state index contributed by atoms with van der Waals surface area (Å²) in [6.07, 6.45) is 0. The number of rotatable bonds is 2. The summed E-state index contributed by atoms with van der Waals surface area (Å²) in [4.78, 5) is 0. The maximum atomic E-state index is 5.59. The van der Waals surface area contributed by atoms with Crippen molar-refractivity contribution in [2.45, 2.75) is 51.4 Å². The average Bonchev–Trinajstić information content (AvgIpc) is 2.24. The molecule has 0 radical (unpaired) electrons. The van der Waals surface area contributed by atoms with Crippen molar-refractivity contribution >= 4 is 0 Å². The topological polar surface area (TPSA) is 49.0 Å². The molecule has 0 unspecified atom stereocenters. The second-order valence-corrected chi connectivity index (χ2v) is 5.60. The minimum Gasteiger partial charge on any atom is -0.349 e. The Hall–Kier alpha value is -0.200. The van der Waals surface area contributed by atoms with Crippen LogP contribution < -0.4 is 5.32 Å². The summed E-state index contributed by atoms with van der Waals surface area (Å²) in [6.45, 7) is 10.4. The lowest BCUT2D eigenvalue weighted by atomic mass is 10.2. The molecule has 0 aliphatic carbocycles. The fraction of sp³-hybridized carbons (Fsp3) is 1.00. The highest BCUT2D eigenvalue weighted by Crippen LogP contribution is 2.20. The number of hydrogen-bond acceptors (Lipinski definition) is 5. The van der Waals surface area contributed by atoms with Gasteiger partial charge in [0.05, 0.1) is 38.5 Å². The van der Waals surface area contributed by atoms with Crippen LogP contribution in [0.2, 0.25) is 0 Å². The molecule has 0 saturated carbocycles. The highest BCUT2D eigenvalue weighted by Gasteiger charge is 2.32. The molecule has 0 aromatic carbocycles. The van der Waals surface area contributed by atoms with Crippen molar-refractivity contribution in [2.24, 2.45) is 0 Å². The molecule has 0 aromatic rings. The van der Waals surface area contributed by atoms with Crippen LogP contribution in [0.15, 0.2) is 0 Å². The van der Waals surface area contributed by atoms with E-state index in [-0.39, 0.29) is 12.1 Å². The molecule has 17 heavy (non-hydrogen) atoms. The molecule has 2 rings (SSSR count). The first kappa shape index (κ1) is 13.2. The summed E-state index contributed by atoms with van der Waals surface area (Å²) in [5, 5.41) is 3.43. The van der Waals surface area contributed by atoms with Gasteiger partial charge in [-0.05, 0) is 27.7 Å². The van der Waals surface area contributed by atoms with Crippen LogP contribution in [0.1, 0.15) is 27.7 Å². The Morgan fingerprint density at radius 3 is 1.29 bits per heavy atom. The van der Waals surface area contributed by atoms with Crippen LogP contribution in [0.5, 0.6) is 0 Å². The number of hydrogen-bond donors (Lipinski definition) is 1. The fourth-order valence-electron chi connectivity index (χ4n) is 1.91. The molecule has 2 aliphatic heterocycles. The molecule has 2 aliphatic rings. The average molecular weight is 245 g/mol. The third-order valence-corrected chi connectivity index (χ3v) is 3.00. The van der Waals surface area contributed by atoms with Gasteiger partial charge in [0.2, 0.25) is 0 Å². The molecule has 100 valence electrons. The molecular formula is C12H23NO4. The van der Waals surface area contributed by atoms with E-state index in [9.17, 15) is 0 Å². The highest BCUT2D eigenvalue weighted by molar-refractivity contribution is 4.80. The summed E-state index contributed by atoms with van der Waals surface area (Å²) in [7, 11) is 0. The molecular weight excluding hydrogens is 222 g/mol. The van der Waals surface area contributed by atoms with Gasteiger partial charge in [0.15, 0.2) is 11.6 Å². The predicted octanol–water partition coefficient (Wildman–Crippen LogP) is 0.879. The Morgan fingerprint density at radius 1 is 0.706 bits per heavy atom. The quantitative estimate of drug-likeness (QED) is 0.782. The third-order valence-electron chi connectivity index (χ3n) is 3.00. The van der Waals surface area contributed by atoms with E-state index in [1.807, 2.05) is 27.7 Å². The van der Waals surface area contributed by atoms with Crippen LogP contribution in [0.3, 0.4) is 0 Å². The molecule has 1 N–H and O–H groups in total. The van der Waals surface area contributed by atoms with Crippen LogP contribution in [-0.2, 0) is 18.9 Å². The molecule has 2 heterocycles. The molecule has 2 saturated heterocycles. The molecule has 5 nitrogen and oxygen atoms in total. The summed E-state index contributed by atoms with van der Waals surface area (Å²) >= 11 is 0. The minimum atomic E-state index is -0.459. The van der Waals surface area contributed by atoms with Crippen molar-refractivity contribution in [3.05, 3.63) is 0 Å². The van der Waals surface area contributed by atoms with Crippen LogP contribution in [0.4, 0.5) is 0 Å². The molecule has 0 bridgehead atoms. The van der Waals surface area contributed by atoms with Gasteiger partial charge in [-0.1, -0.05) is 0 Å². The summed E-state index contributed by atoms with van der Waals surface area (Å²) in [5.41, 5.74) is 0. The third kappa shape index (κ3) is 3.89. The lowest BCUT2D eigenvalue weighted by Gasteiger charge is -2.40. The zero-order valence-corrected chi connectivity index (χ0v) is 11.1. The first-order chi connectivity index (χ1) is 7.86. The van der Waals surface area contributed by atoms with E-state index >= 15 is 0 Å². The van der Waals surface area contributed by atoms with Gasteiger partial charge in [0, 0.05) is 0 Å². The van der Waals surface area contributed by atoms with E-state index in [4.69, 9.17) is 18.9 Å². The monoisotopic (exact) mass is 245 g/mol. The zero-order chi connectivity index (χ0) is 12.5. The van der Waals surface area contributed by atoms with Gasteiger partial charge in [0.1, 0.15) is 0 Å². The maximum Gasteiger partial charge on any atom is 0.162 e. The van der Waals surface area contributed by atoms with Crippen LogP contribution in [0.25, 0.3) is 0 Å². The van der Waals surface area contributed by atoms with E-state index < -0.39 is 11.6 Å². The van der Waals surface area contributed by atoms with Crippen molar-refractivity contribution in [1.29, 1.82) is 0 Å². The van der Waals surface area contributed by atoms with Crippen LogP contribution in [-0.4, -0.2) is 50.1 Å². The van der Waals surface area contributed by atoms with E-state index in [1.54, 1.807) is 0 Å². The van der Waals surface area contributed by atoms with Crippen LogP contribution >= 0.6 is 0 Å². The van der Waals surface area contributed by atoms with Gasteiger partial charge < -0.3 is 24.3 Å². The molecule has 2 fully saturated rings. The lowest BCUT2D eigenvalue weighted by molar-refractivity contribution is -0.267. The SMILES string of the molecule is CC1(C)OCC(NC2COC(C)(C)OC2)CO1. The molecule has 0 aromatic heterocycles. The Kier molecular flexibility index (Phi) is 3.75. The first-order valence-corrected chi connectivity index (χ1v) is 6.18. The maximum absolute atomic E-state index is 5.59. The van der Waals surface area contributed by atoms with Crippen molar-refractivity contribution < 1.29 is 18.9 Å². The molecule has 0 atom stereocenters. The van der Waals surface area contributed by atoms with Crippen molar-refractivity contribution in [3.8, 4) is 0 Å². The Morgan fingerprint density at radius 2 is 1.00 bits per heavy atom. The largest absolute Gasteiger partial charge is 0.349 e. The van der Waals surface area contributed by atoms with E-state index in [0.29, 0.717) is 26.4 Å². The minimum absolute atomic E-state index is 0.210. The summed E-state index contributed by atoms with van der Waals surface area (Å²) in [5.74, 6) is -0.917. The fourth-order valence-corrected chi connectivity index (χ4v) is 1.91. The number of ether oxygens (including phenoxy) is 4. The van der Waals surface area contributed by atoms with Gasteiger partial charge in [0.25, 0.3) is 0 Å². The molecule has 0 amide bonds. The van der Waals surface area contributed by atoms with E-state index in [2.05, 4.69) is 5.32 Å². The summed E-state index contributed by atoms with van der Waals surface area (Å²) < 4.78 is 22.4. The standard InChI is InChI=1S/C12H23NO4/c1-11(2)14-5-9(6-15-11)13-10-7-16-12(3,4)17-8-10/h9-10,13H,5-8H2,1-4H3. The Bertz CT molecular complexity index is 221. The number of nitrogens with one attached hydrogen (secondary N) is 1. The van der Waals surface area contributed by atoms with Crippen molar-refractivity contribution in [3.63, 3.8) is 0 Å². The van der Waals surface area contributed by atoms with Crippen molar-refractivity contribution in [2.75, 3.05) is 26.4 Å². The Balaban J connectivity index is 1.72. The van der Waals surface area contributed by atoms with Crippen LogP contribution in [0, 0.1) is 0 Å². The van der Waals surface area contributed by atoms with Gasteiger partial charge in [-0.25, -0.2) is 0 Å². The Labute approximate surface area is 103 Å². The first-order valence-electron chi connectivity index (χ1n) is 6.18. The summed E-state index contributed by atoms with van der Waals surface area (Å²) in [6, 6.07) is 0.419. The van der Waals surface area contributed by atoms with E-state index in [0.717, 1.165) is 0 Å². The second kappa shape index (κ2) is 4.82. The smallest absolute Gasteiger partial charge is 0.162 e. The molecule has 0 spiro atoms.